The van der Waals surface area contributed by atoms with Gasteiger partial charge in [-0.1, -0.05) is 13.3 Å². The molecule has 0 aliphatic carbocycles. The summed E-state index contributed by atoms with van der Waals surface area (Å²) in [6.07, 6.45) is 5.89. The monoisotopic (exact) mass is 343 g/mol. The molecule has 1 fully saturated rings. The van der Waals surface area contributed by atoms with Crippen LogP contribution < -0.4 is 10.1 Å². The molecule has 1 atom stereocenters. The van der Waals surface area contributed by atoms with Crippen molar-refractivity contribution in [1.82, 2.24) is 15.5 Å². The maximum atomic E-state index is 12.4. The van der Waals surface area contributed by atoms with Crippen LogP contribution in [0.25, 0.3) is 11.3 Å². The topological polar surface area (TPSA) is 76.2 Å². The molecular formula is C19H25N3O3. The van der Waals surface area contributed by atoms with E-state index in [9.17, 15) is 4.79 Å². The second kappa shape index (κ2) is 8.67. The summed E-state index contributed by atoms with van der Waals surface area (Å²) in [5, 5.41) is 9.89. The second-order valence-electron chi connectivity index (χ2n) is 6.23. The number of hydrogen-bond acceptors (Lipinski definition) is 4. The lowest BCUT2D eigenvalue weighted by Crippen LogP contribution is -2.31. The molecule has 25 heavy (non-hydrogen) atoms. The third-order valence-corrected chi connectivity index (χ3v) is 4.31. The zero-order valence-corrected chi connectivity index (χ0v) is 14.6. The number of unbranched alkanes of at least 4 members (excludes halogenated alkanes) is 1. The molecule has 134 valence electrons. The molecule has 2 heterocycles. The number of carbonyl (C=O) groups excluding carboxylic acids is 1. The lowest BCUT2D eigenvalue weighted by Gasteiger charge is -2.11. The van der Waals surface area contributed by atoms with Crippen LogP contribution in [0.3, 0.4) is 0 Å². The first-order chi connectivity index (χ1) is 12.3. The average Bonchev–Trinajstić information content (AvgIpc) is 3.32. The fourth-order valence-corrected chi connectivity index (χ4v) is 2.84. The number of H-pyrrole nitrogens is 1. The van der Waals surface area contributed by atoms with Crippen molar-refractivity contribution in [2.75, 3.05) is 19.8 Å². The molecule has 1 aliphatic rings. The molecule has 6 nitrogen and oxygen atoms in total. The van der Waals surface area contributed by atoms with Gasteiger partial charge in [-0.3, -0.25) is 9.89 Å². The summed E-state index contributed by atoms with van der Waals surface area (Å²) >= 11 is 0. The van der Waals surface area contributed by atoms with Crippen LogP contribution in [0.1, 0.15) is 43.0 Å². The van der Waals surface area contributed by atoms with E-state index in [0.717, 1.165) is 50.2 Å². The fourth-order valence-electron chi connectivity index (χ4n) is 2.84. The number of ether oxygens (including phenoxy) is 2. The molecule has 0 saturated carbocycles. The van der Waals surface area contributed by atoms with Crippen LogP contribution in [0.4, 0.5) is 0 Å². The predicted octanol–water partition coefficient (Wildman–Crippen LogP) is 3.16. The minimum Gasteiger partial charge on any atom is -0.494 e. The van der Waals surface area contributed by atoms with E-state index in [4.69, 9.17) is 9.47 Å². The Balaban J connectivity index is 1.62. The Morgan fingerprint density at radius 3 is 2.96 bits per heavy atom. The van der Waals surface area contributed by atoms with Crippen molar-refractivity contribution in [1.29, 1.82) is 0 Å². The van der Waals surface area contributed by atoms with E-state index in [1.165, 1.54) is 0 Å². The smallest absolute Gasteiger partial charge is 0.255 e. The van der Waals surface area contributed by atoms with Gasteiger partial charge in [-0.25, -0.2) is 0 Å². The number of aromatic amines is 1. The summed E-state index contributed by atoms with van der Waals surface area (Å²) in [6.45, 7) is 4.17. The lowest BCUT2D eigenvalue weighted by atomic mass is 10.1. The van der Waals surface area contributed by atoms with E-state index in [1.54, 1.807) is 6.20 Å². The van der Waals surface area contributed by atoms with Gasteiger partial charge < -0.3 is 14.8 Å². The molecule has 1 aromatic carbocycles. The van der Waals surface area contributed by atoms with Gasteiger partial charge in [0.2, 0.25) is 0 Å². The minimum absolute atomic E-state index is 0.124. The van der Waals surface area contributed by atoms with Crippen molar-refractivity contribution < 1.29 is 14.3 Å². The van der Waals surface area contributed by atoms with E-state index in [2.05, 4.69) is 22.4 Å². The van der Waals surface area contributed by atoms with Gasteiger partial charge in [-0.05, 0) is 43.5 Å². The average molecular weight is 343 g/mol. The van der Waals surface area contributed by atoms with Gasteiger partial charge in [-0.15, -0.1) is 0 Å². The molecule has 1 aromatic heterocycles. The largest absolute Gasteiger partial charge is 0.494 e. The van der Waals surface area contributed by atoms with Crippen LogP contribution in [-0.4, -0.2) is 42.0 Å². The molecule has 1 amide bonds. The predicted molar refractivity (Wildman–Crippen MR) is 95.7 cm³/mol. The lowest BCUT2D eigenvalue weighted by molar-refractivity contribution is 0.0858. The molecule has 1 aliphatic heterocycles. The summed E-state index contributed by atoms with van der Waals surface area (Å²) < 4.78 is 11.2. The Bertz CT molecular complexity index is 675. The number of rotatable bonds is 8. The van der Waals surface area contributed by atoms with Gasteiger partial charge in [0.15, 0.2) is 0 Å². The first-order valence-electron chi connectivity index (χ1n) is 8.94. The molecule has 2 N–H and O–H groups in total. The Hall–Kier alpha value is -2.34. The number of aromatic nitrogens is 2. The molecule has 0 bridgehead atoms. The SMILES string of the molecule is CCCCOc1ccc(-c2[nH]ncc2C(=O)NCC2CCCO2)cc1. The van der Waals surface area contributed by atoms with Crippen molar-refractivity contribution in [2.24, 2.45) is 0 Å². The molecule has 6 heteroatoms. The first-order valence-corrected chi connectivity index (χ1v) is 8.94. The van der Waals surface area contributed by atoms with Crippen molar-refractivity contribution in [2.45, 2.75) is 38.7 Å². The van der Waals surface area contributed by atoms with Gasteiger partial charge in [0.05, 0.1) is 30.2 Å². The van der Waals surface area contributed by atoms with Crippen LogP contribution in [0, 0.1) is 0 Å². The van der Waals surface area contributed by atoms with Crippen LogP contribution >= 0.6 is 0 Å². The molecule has 1 saturated heterocycles. The Labute approximate surface area is 147 Å². The number of amides is 1. The van der Waals surface area contributed by atoms with Crippen LogP contribution in [0.2, 0.25) is 0 Å². The van der Waals surface area contributed by atoms with Gasteiger partial charge >= 0.3 is 0 Å². The number of nitrogens with one attached hydrogen (secondary N) is 2. The quantitative estimate of drug-likeness (QED) is 0.722. The molecular weight excluding hydrogens is 318 g/mol. The van der Waals surface area contributed by atoms with Crippen LogP contribution in [0.15, 0.2) is 30.5 Å². The Morgan fingerprint density at radius 2 is 2.24 bits per heavy atom. The van der Waals surface area contributed by atoms with Crippen LogP contribution in [0.5, 0.6) is 5.75 Å². The standard InChI is InChI=1S/C19H25N3O3/c1-2-3-10-24-15-8-6-14(7-9-15)18-17(13-21-22-18)19(23)20-12-16-5-4-11-25-16/h6-9,13,16H,2-5,10-12H2,1H3,(H,20,23)(H,21,22). The highest BCUT2D eigenvalue weighted by Gasteiger charge is 2.19. The highest BCUT2D eigenvalue weighted by Crippen LogP contribution is 2.24. The maximum Gasteiger partial charge on any atom is 0.255 e. The zero-order valence-electron chi connectivity index (χ0n) is 14.6. The molecule has 0 radical (unpaired) electrons. The minimum atomic E-state index is -0.137. The van der Waals surface area contributed by atoms with E-state index in [1.807, 2.05) is 24.3 Å². The zero-order chi connectivity index (χ0) is 17.5. The molecule has 1 unspecified atom stereocenters. The third-order valence-electron chi connectivity index (χ3n) is 4.31. The fraction of sp³-hybridized carbons (Fsp3) is 0.474. The van der Waals surface area contributed by atoms with Gasteiger partial charge in [0.1, 0.15) is 5.75 Å². The summed E-state index contributed by atoms with van der Waals surface area (Å²) in [4.78, 5) is 12.4. The van der Waals surface area contributed by atoms with E-state index >= 15 is 0 Å². The number of benzene rings is 1. The van der Waals surface area contributed by atoms with Crippen molar-refractivity contribution in [3.05, 3.63) is 36.0 Å². The van der Waals surface area contributed by atoms with Crippen molar-refractivity contribution in [3.8, 4) is 17.0 Å². The normalized spacial score (nSPS) is 16.8. The van der Waals surface area contributed by atoms with Crippen molar-refractivity contribution in [3.63, 3.8) is 0 Å². The maximum absolute atomic E-state index is 12.4. The van der Waals surface area contributed by atoms with E-state index in [0.29, 0.717) is 17.8 Å². The Kier molecular flexibility index (Phi) is 6.06. The molecule has 2 aromatic rings. The van der Waals surface area contributed by atoms with Crippen LogP contribution in [-0.2, 0) is 4.74 Å². The van der Waals surface area contributed by atoms with Gasteiger partial charge in [0.25, 0.3) is 5.91 Å². The van der Waals surface area contributed by atoms with E-state index in [-0.39, 0.29) is 12.0 Å². The number of hydrogen-bond donors (Lipinski definition) is 2. The highest BCUT2D eigenvalue weighted by atomic mass is 16.5. The highest BCUT2D eigenvalue weighted by molar-refractivity contribution is 5.99. The second-order valence-corrected chi connectivity index (χ2v) is 6.23. The van der Waals surface area contributed by atoms with Gasteiger partial charge in [-0.2, -0.15) is 5.10 Å². The van der Waals surface area contributed by atoms with E-state index < -0.39 is 0 Å². The first kappa shape index (κ1) is 17.5. The van der Waals surface area contributed by atoms with Crippen molar-refractivity contribution >= 4 is 5.91 Å². The summed E-state index contributed by atoms with van der Waals surface area (Å²) in [5.41, 5.74) is 2.16. The Morgan fingerprint density at radius 1 is 1.40 bits per heavy atom. The molecule has 3 rings (SSSR count). The summed E-state index contributed by atoms with van der Waals surface area (Å²) in [7, 11) is 0. The summed E-state index contributed by atoms with van der Waals surface area (Å²) in [5.74, 6) is 0.698. The third kappa shape index (κ3) is 4.60. The number of carbonyl (C=O) groups is 1. The molecule has 0 spiro atoms. The summed E-state index contributed by atoms with van der Waals surface area (Å²) in [6, 6.07) is 7.71. The number of nitrogens with zero attached hydrogens (tertiary/aromatic N) is 1. The van der Waals surface area contributed by atoms with Gasteiger partial charge in [0, 0.05) is 18.7 Å².